The first kappa shape index (κ1) is 22.0. The average Bonchev–Trinajstić information content (AvgIpc) is 2.68. The van der Waals surface area contributed by atoms with Crippen molar-refractivity contribution in [1.82, 2.24) is 15.1 Å². The number of unbranched alkanes of at least 4 members (excludes halogenated alkanes) is 1. The number of allylic oxidation sites excluding steroid dienone is 1. The Morgan fingerprint density at radius 2 is 1.96 bits per heavy atom. The fourth-order valence-electron chi connectivity index (χ4n) is 3.44. The van der Waals surface area contributed by atoms with E-state index in [1.165, 1.54) is 0 Å². The molecule has 6 nitrogen and oxygen atoms in total. The molecule has 1 aromatic carbocycles. The van der Waals surface area contributed by atoms with Gasteiger partial charge in [0.15, 0.2) is 5.96 Å². The lowest BCUT2D eigenvalue weighted by atomic mass is 10.1. The van der Waals surface area contributed by atoms with Crippen LogP contribution in [0.25, 0.3) is 0 Å². The summed E-state index contributed by atoms with van der Waals surface area (Å²) in [5.41, 5.74) is 1.83. The van der Waals surface area contributed by atoms with Crippen molar-refractivity contribution in [3.8, 4) is 0 Å². The molecule has 1 aliphatic rings. The van der Waals surface area contributed by atoms with Crippen LogP contribution in [0.3, 0.4) is 0 Å². The molecule has 0 bridgehead atoms. The number of hydrogen-bond donors (Lipinski definition) is 1. The predicted molar refractivity (Wildman–Crippen MR) is 115 cm³/mol. The molecular formula is C22H34N4O2. The molecule has 1 fully saturated rings. The minimum absolute atomic E-state index is 0.0688. The molecule has 0 aliphatic carbocycles. The second kappa shape index (κ2) is 10.9. The van der Waals surface area contributed by atoms with Gasteiger partial charge in [-0.2, -0.15) is 0 Å². The fourth-order valence-corrected chi connectivity index (χ4v) is 3.44. The summed E-state index contributed by atoms with van der Waals surface area (Å²) in [4.78, 5) is 21.1. The number of hydrogen-bond acceptors (Lipinski definition) is 3. The smallest absolute Gasteiger partial charge is 0.254 e. The molecule has 1 heterocycles. The summed E-state index contributed by atoms with van der Waals surface area (Å²) >= 11 is 0. The molecule has 1 aromatic rings. The van der Waals surface area contributed by atoms with E-state index in [4.69, 9.17) is 4.74 Å². The number of aliphatic imine (C=N–C) groups is 1. The van der Waals surface area contributed by atoms with Crippen LogP contribution in [0.5, 0.6) is 0 Å². The van der Waals surface area contributed by atoms with Crippen LogP contribution >= 0.6 is 0 Å². The Hall–Kier alpha value is -2.34. The van der Waals surface area contributed by atoms with Crippen molar-refractivity contribution < 1.29 is 9.53 Å². The fraction of sp³-hybridized carbons (Fsp3) is 0.545. The number of nitrogens with zero attached hydrogens (tertiary/aromatic N) is 3. The van der Waals surface area contributed by atoms with Crippen molar-refractivity contribution >= 4 is 11.9 Å². The van der Waals surface area contributed by atoms with E-state index in [0.717, 1.165) is 36.5 Å². The van der Waals surface area contributed by atoms with Crippen molar-refractivity contribution in [1.29, 1.82) is 0 Å². The van der Waals surface area contributed by atoms with Gasteiger partial charge in [0.2, 0.25) is 0 Å². The highest BCUT2D eigenvalue weighted by atomic mass is 16.5. The summed E-state index contributed by atoms with van der Waals surface area (Å²) in [6.07, 6.45) is 4.14. The summed E-state index contributed by atoms with van der Waals surface area (Å²) < 4.78 is 5.71. The number of ether oxygens (including phenoxy) is 1. The molecule has 1 amide bonds. The third-order valence-corrected chi connectivity index (χ3v) is 4.83. The number of morpholine rings is 1. The highest BCUT2D eigenvalue weighted by molar-refractivity contribution is 5.94. The van der Waals surface area contributed by atoms with Gasteiger partial charge in [-0.15, -0.1) is 6.58 Å². The quantitative estimate of drug-likeness (QED) is 0.339. The van der Waals surface area contributed by atoms with Gasteiger partial charge in [0, 0.05) is 45.8 Å². The maximum absolute atomic E-state index is 12.8. The van der Waals surface area contributed by atoms with Gasteiger partial charge >= 0.3 is 0 Å². The first-order valence-electron chi connectivity index (χ1n) is 10.0. The number of amides is 1. The molecule has 2 rings (SSSR count). The minimum atomic E-state index is 0.0688. The standard InChI is InChI=1S/C22H34N4O2/c1-6-7-8-13-25(5)22(23-4)24-14-19-9-11-20(12-10-19)21(27)26-15-17(2)28-18(3)16-26/h6,9-12,17-18H,1,7-8,13-16H2,2-5H3,(H,23,24). The van der Waals surface area contributed by atoms with E-state index in [1.807, 2.05) is 56.1 Å². The third-order valence-electron chi connectivity index (χ3n) is 4.83. The van der Waals surface area contributed by atoms with Gasteiger partial charge in [0.1, 0.15) is 0 Å². The maximum Gasteiger partial charge on any atom is 0.254 e. The largest absolute Gasteiger partial charge is 0.372 e. The number of carbonyl (C=O) groups excluding carboxylic acids is 1. The van der Waals surface area contributed by atoms with Crippen LogP contribution in [0.15, 0.2) is 41.9 Å². The molecule has 28 heavy (non-hydrogen) atoms. The van der Waals surface area contributed by atoms with E-state index >= 15 is 0 Å². The first-order valence-corrected chi connectivity index (χ1v) is 10.0. The number of guanidine groups is 1. The molecular weight excluding hydrogens is 352 g/mol. The van der Waals surface area contributed by atoms with E-state index in [2.05, 4.69) is 21.8 Å². The van der Waals surface area contributed by atoms with Crippen molar-refractivity contribution in [2.45, 2.75) is 45.4 Å². The van der Waals surface area contributed by atoms with Crippen LogP contribution < -0.4 is 5.32 Å². The zero-order valence-electron chi connectivity index (χ0n) is 17.6. The predicted octanol–water partition coefficient (Wildman–Crippen LogP) is 2.91. The molecule has 2 atom stereocenters. The van der Waals surface area contributed by atoms with Crippen LogP contribution in [-0.2, 0) is 11.3 Å². The molecule has 1 N–H and O–H groups in total. The molecule has 154 valence electrons. The Morgan fingerprint density at radius 1 is 1.32 bits per heavy atom. The van der Waals surface area contributed by atoms with Gasteiger partial charge < -0.3 is 19.9 Å². The molecule has 0 aromatic heterocycles. The molecule has 0 radical (unpaired) electrons. The lowest BCUT2D eigenvalue weighted by Crippen LogP contribution is -2.48. The summed E-state index contributed by atoms with van der Waals surface area (Å²) in [7, 11) is 3.82. The lowest BCUT2D eigenvalue weighted by Gasteiger charge is -2.35. The topological polar surface area (TPSA) is 57.2 Å². The van der Waals surface area contributed by atoms with Crippen LogP contribution in [-0.4, -0.2) is 67.6 Å². The van der Waals surface area contributed by atoms with E-state index in [0.29, 0.717) is 19.6 Å². The summed E-state index contributed by atoms with van der Waals surface area (Å²) in [6.45, 7) is 10.6. The van der Waals surface area contributed by atoms with Crippen LogP contribution in [0.2, 0.25) is 0 Å². The zero-order chi connectivity index (χ0) is 20.5. The summed E-state index contributed by atoms with van der Waals surface area (Å²) in [6, 6.07) is 7.80. The molecule has 2 unspecified atom stereocenters. The molecule has 1 saturated heterocycles. The zero-order valence-corrected chi connectivity index (χ0v) is 17.6. The molecule has 1 aliphatic heterocycles. The van der Waals surface area contributed by atoms with Crippen LogP contribution in [0.4, 0.5) is 0 Å². The highest BCUT2D eigenvalue weighted by Crippen LogP contribution is 2.15. The Kier molecular flexibility index (Phi) is 8.51. The third kappa shape index (κ3) is 6.37. The molecule has 6 heteroatoms. The lowest BCUT2D eigenvalue weighted by molar-refractivity contribution is -0.0586. The average molecular weight is 387 g/mol. The highest BCUT2D eigenvalue weighted by Gasteiger charge is 2.26. The van der Waals surface area contributed by atoms with E-state index in [-0.39, 0.29) is 18.1 Å². The normalized spacial score (nSPS) is 20.0. The first-order chi connectivity index (χ1) is 13.4. The van der Waals surface area contributed by atoms with Crippen LogP contribution in [0, 0.1) is 0 Å². The number of carbonyl (C=O) groups is 1. The van der Waals surface area contributed by atoms with E-state index < -0.39 is 0 Å². The van der Waals surface area contributed by atoms with E-state index in [9.17, 15) is 4.79 Å². The van der Waals surface area contributed by atoms with Crippen molar-refractivity contribution in [2.75, 3.05) is 33.7 Å². The molecule has 0 spiro atoms. The van der Waals surface area contributed by atoms with Gasteiger partial charge in [-0.1, -0.05) is 18.2 Å². The second-order valence-corrected chi connectivity index (χ2v) is 7.42. The Morgan fingerprint density at radius 3 is 2.54 bits per heavy atom. The Labute approximate surface area is 169 Å². The minimum Gasteiger partial charge on any atom is -0.372 e. The number of benzene rings is 1. The van der Waals surface area contributed by atoms with Gasteiger partial charge in [0.25, 0.3) is 5.91 Å². The van der Waals surface area contributed by atoms with Gasteiger partial charge in [0.05, 0.1) is 12.2 Å². The Bertz CT molecular complexity index is 662. The van der Waals surface area contributed by atoms with Gasteiger partial charge in [-0.25, -0.2) is 0 Å². The monoisotopic (exact) mass is 386 g/mol. The van der Waals surface area contributed by atoms with E-state index in [1.54, 1.807) is 7.05 Å². The summed E-state index contributed by atoms with van der Waals surface area (Å²) in [5, 5.41) is 3.37. The number of rotatable bonds is 7. The SMILES string of the molecule is C=CCCCN(C)C(=NC)NCc1ccc(C(=O)N2CC(C)OC(C)C2)cc1. The Balaban J connectivity index is 1.89. The van der Waals surface area contributed by atoms with Crippen molar-refractivity contribution in [2.24, 2.45) is 4.99 Å². The van der Waals surface area contributed by atoms with Crippen LogP contribution in [0.1, 0.15) is 42.6 Å². The second-order valence-electron chi connectivity index (χ2n) is 7.42. The number of nitrogens with one attached hydrogen (secondary N) is 1. The van der Waals surface area contributed by atoms with Gasteiger partial charge in [-0.05, 0) is 44.4 Å². The van der Waals surface area contributed by atoms with Crippen molar-refractivity contribution in [3.63, 3.8) is 0 Å². The van der Waals surface area contributed by atoms with Gasteiger partial charge in [-0.3, -0.25) is 9.79 Å². The molecule has 0 saturated carbocycles. The maximum atomic E-state index is 12.8. The van der Waals surface area contributed by atoms with Crippen molar-refractivity contribution in [3.05, 3.63) is 48.0 Å². The summed E-state index contributed by atoms with van der Waals surface area (Å²) in [5.74, 6) is 0.930.